The van der Waals surface area contributed by atoms with Crippen molar-refractivity contribution in [2.75, 3.05) is 18.9 Å². The Labute approximate surface area is 116 Å². The maximum absolute atomic E-state index is 11.8. The van der Waals surface area contributed by atoms with Gasteiger partial charge in [-0.2, -0.15) is 0 Å². The third-order valence-electron chi connectivity index (χ3n) is 2.75. The first-order valence-corrected chi connectivity index (χ1v) is 8.17. The van der Waals surface area contributed by atoms with Crippen molar-refractivity contribution in [2.24, 2.45) is 5.41 Å². The maximum Gasteiger partial charge on any atom is 0.237 e. The molecule has 0 radical (unpaired) electrons. The Kier molecular flexibility index (Phi) is 7.54. The third kappa shape index (κ3) is 8.18. The van der Waals surface area contributed by atoms with Gasteiger partial charge in [0.15, 0.2) is 0 Å². The van der Waals surface area contributed by atoms with Crippen molar-refractivity contribution in [2.45, 2.75) is 46.6 Å². The molecule has 0 spiro atoms. The van der Waals surface area contributed by atoms with Crippen LogP contribution in [0.2, 0.25) is 0 Å². The van der Waals surface area contributed by atoms with E-state index in [1.54, 1.807) is 6.92 Å². The number of aliphatic hydroxyl groups excluding tert-OH is 1. The Balaban J connectivity index is 4.29. The fourth-order valence-corrected chi connectivity index (χ4v) is 2.82. The van der Waals surface area contributed by atoms with Gasteiger partial charge in [-0.3, -0.25) is 4.79 Å². The molecule has 0 rings (SSSR count). The highest BCUT2D eigenvalue weighted by Crippen LogP contribution is 2.17. The second-order valence-corrected chi connectivity index (χ2v) is 7.39. The Hall–Kier alpha value is -0.660. The molecule has 1 amide bonds. The Bertz CT molecular complexity index is 379. The average molecular weight is 294 g/mol. The number of hydrogen-bond donors (Lipinski definition) is 3. The minimum atomic E-state index is -3.39. The number of sulfonamides is 1. The summed E-state index contributed by atoms with van der Waals surface area (Å²) in [6.45, 7) is 7.58. The number of nitrogens with one attached hydrogen (secondary N) is 2. The van der Waals surface area contributed by atoms with E-state index in [4.69, 9.17) is 5.11 Å². The Morgan fingerprint density at radius 3 is 2.42 bits per heavy atom. The molecule has 0 aliphatic carbocycles. The van der Waals surface area contributed by atoms with Crippen LogP contribution in [0.5, 0.6) is 0 Å². The highest BCUT2D eigenvalue weighted by atomic mass is 32.2. The van der Waals surface area contributed by atoms with Crippen molar-refractivity contribution < 1.29 is 18.3 Å². The van der Waals surface area contributed by atoms with Gasteiger partial charge in [-0.25, -0.2) is 13.1 Å². The zero-order chi connectivity index (χ0) is 15.1. The van der Waals surface area contributed by atoms with Gasteiger partial charge in [0.1, 0.15) is 0 Å². The van der Waals surface area contributed by atoms with Gasteiger partial charge in [0.05, 0.1) is 11.8 Å². The zero-order valence-corrected chi connectivity index (χ0v) is 13.0. The zero-order valence-electron chi connectivity index (χ0n) is 12.2. The van der Waals surface area contributed by atoms with Gasteiger partial charge in [-0.15, -0.1) is 0 Å². The largest absolute Gasteiger partial charge is 0.396 e. The van der Waals surface area contributed by atoms with E-state index in [1.165, 1.54) is 6.92 Å². The molecule has 0 aliphatic heterocycles. The number of carbonyl (C=O) groups is 1. The Morgan fingerprint density at radius 1 is 1.37 bits per heavy atom. The van der Waals surface area contributed by atoms with Crippen LogP contribution >= 0.6 is 0 Å². The molecular formula is C12H26N2O4S. The molecule has 0 bridgehead atoms. The van der Waals surface area contributed by atoms with Gasteiger partial charge in [0.2, 0.25) is 15.9 Å². The number of hydrogen-bond acceptors (Lipinski definition) is 4. The molecule has 1 atom stereocenters. The van der Waals surface area contributed by atoms with Gasteiger partial charge < -0.3 is 10.4 Å². The first kappa shape index (κ1) is 18.3. The molecule has 0 saturated heterocycles. The summed E-state index contributed by atoms with van der Waals surface area (Å²) in [7, 11) is -3.39. The first-order chi connectivity index (χ1) is 8.63. The summed E-state index contributed by atoms with van der Waals surface area (Å²) in [6, 6.07) is -0.790. The van der Waals surface area contributed by atoms with E-state index < -0.39 is 16.1 Å². The van der Waals surface area contributed by atoms with E-state index in [1.807, 2.05) is 13.8 Å². The summed E-state index contributed by atoms with van der Waals surface area (Å²) >= 11 is 0. The van der Waals surface area contributed by atoms with Crippen molar-refractivity contribution in [1.82, 2.24) is 10.0 Å². The average Bonchev–Trinajstić information content (AvgIpc) is 2.25. The summed E-state index contributed by atoms with van der Waals surface area (Å²) in [5.41, 5.74) is -0.216. The standard InChI is InChI=1S/C12H26N2O4S/c1-5-8-19(17,18)14-10(2)11(16)13-9-12(3,4)6-7-15/h10,14-15H,5-9H2,1-4H3,(H,13,16). The molecule has 6 nitrogen and oxygen atoms in total. The quantitative estimate of drug-likeness (QED) is 0.567. The first-order valence-electron chi connectivity index (χ1n) is 6.52. The molecule has 0 fully saturated rings. The van der Waals surface area contributed by atoms with E-state index in [0.717, 1.165) is 0 Å². The summed E-state index contributed by atoms with van der Waals surface area (Å²) in [4.78, 5) is 11.8. The van der Waals surface area contributed by atoms with Crippen LogP contribution < -0.4 is 10.0 Å². The topological polar surface area (TPSA) is 95.5 Å². The fourth-order valence-electron chi connectivity index (χ4n) is 1.52. The fraction of sp³-hybridized carbons (Fsp3) is 0.917. The van der Waals surface area contributed by atoms with E-state index in [-0.39, 0.29) is 23.7 Å². The van der Waals surface area contributed by atoms with Crippen LogP contribution in [0.15, 0.2) is 0 Å². The van der Waals surface area contributed by atoms with Crippen LogP contribution in [0.4, 0.5) is 0 Å². The number of amides is 1. The lowest BCUT2D eigenvalue weighted by atomic mass is 9.90. The number of rotatable bonds is 9. The number of aliphatic hydroxyl groups is 1. The van der Waals surface area contributed by atoms with Crippen molar-refractivity contribution in [1.29, 1.82) is 0 Å². The molecule has 0 heterocycles. The van der Waals surface area contributed by atoms with Gasteiger partial charge >= 0.3 is 0 Å². The third-order valence-corrected chi connectivity index (χ3v) is 4.41. The summed E-state index contributed by atoms with van der Waals surface area (Å²) in [6.07, 6.45) is 1.08. The van der Waals surface area contributed by atoms with Crippen LogP contribution in [0, 0.1) is 5.41 Å². The monoisotopic (exact) mass is 294 g/mol. The highest BCUT2D eigenvalue weighted by molar-refractivity contribution is 7.89. The molecule has 1 unspecified atom stereocenters. The van der Waals surface area contributed by atoms with Crippen LogP contribution in [-0.2, 0) is 14.8 Å². The van der Waals surface area contributed by atoms with Crippen molar-refractivity contribution in [3.8, 4) is 0 Å². The smallest absolute Gasteiger partial charge is 0.237 e. The van der Waals surface area contributed by atoms with Gasteiger partial charge in [-0.05, 0) is 25.2 Å². The molecule has 0 aromatic carbocycles. The van der Waals surface area contributed by atoms with E-state index in [0.29, 0.717) is 19.4 Å². The lowest BCUT2D eigenvalue weighted by molar-refractivity contribution is -0.122. The van der Waals surface area contributed by atoms with Crippen molar-refractivity contribution in [3.63, 3.8) is 0 Å². The summed E-state index contributed by atoms with van der Waals surface area (Å²) < 4.78 is 25.4. The molecule has 114 valence electrons. The van der Waals surface area contributed by atoms with Gasteiger partial charge in [0, 0.05) is 13.2 Å². The van der Waals surface area contributed by atoms with Crippen LogP contribution in [-0.4, -0.2) is 44.4 Å². The van der Waals surface area contributed by atoms with E-state index in [9.17, 15) is 13.2 Å². The molecule has 3 N–H and O–H groups in total. The summed E-state index contributed by atoms with van der Waals surface area (Å²) in [5.74, 6) is -0.341. The minimum Gasteiger partial charge on any atom is -0.396 e. The molecule has 0 saturated carbocycles. The predicted octanol–water partition coefficient (Wildman–Crippen LogP) is 0.229. The number of carbonyl (C=O) groups excluding carboxylic acids is 1. The van der Waals surface area contributed by atoms with E-state index in [2.05, 4.69) is 10.0 Å². The normalized spacial score (nSPS) is 14.2. The summed E-state index contributed by atoms with van der Waals surface area (Å²) in [5, 5.41) is 11.6. The minimum absolute atomic E-state index is 0.0145. The highest BCUT2D eigenvalue weighted by Gasteiger charge is 2.22. The second-order valence-electron chi connectivity index (χ2n) is 5.51. The van der Waals surface area contributed by atoms with Crippen LogP contribution in [0.25, 0.3) is 0 Å². The van der Waals surface area contributed by atoms with Crippen molar-refractivity contribution in [3.05, 3.63) is 0 Å². The van der Waals surface area contributed by atoms with Gasteiger partial charge in [-0.1, -0.05) is 20.8 Å². The molecule has 0 aliphatic rings. The molecule has 7 heteroatoms. The molecule has 0 aromatic rings. The van der Waals surface area contributed by atoms with Crippen molar-refractivity contribution >= 4 is 15.9 Å². The molecule has 0 aromatic heterocycles. The SMILES string of the molecule is CCCS(=O)(=O)NC(C)C(=O)NCC(C)(C)CCO. The lowest BCUT2D eigenvalue weighted by Gasteiger charge is -2.25. The predicted molar refractivity (Wildman–Crippen MR) is 75.2 cm³/mol. The lowest BCUT2D eigenvalue weighted by Crippen LogP contribution is -2.47. The van der Waals surface area contributed by atoms with E-state index >= 15 is 0 Å². The van der Waals surface area contributed by atoms with Gasteiger partial charge in [0.25, 0.3) is 0 Å². The molecular weight excluding hydrogens is 268 g/mol. The second kappa shape index (κ2) is 7.81. The van der Waals surface area contributed by atoms with Crippen LogP contribution in [0.3, 0.4) is 0 Å². The Morgan fingerprint density at radius 2 is 1.95 bits per heavy atom. The maximum atomic E-state index is 11.8. The van der Waals surface area contributed by atoms with Crippen LogP contribution in [0.1, 0.15) is 40.5 Å². The molecule has 19 heavy (non-hydrogen) atoms.